The smallest absolute Gasteiger partial charge is 0.321 e. The number of hydrogen-bond acceptors (Lipinski definition) is 4. The van der Waals surface area contributed by atoms with Crippen LogP contribution < -0.4 is 5.32 Å². The van der Waals surface area contributed by atoms with Crippen LogP contribution >= 0.6 is 11.6 Å². The van der Waals surface area contributed by atoms with Crippen LogP contribution in [0.5, 0.6) is 0 Å². The number of anilines is 1. The molecule has 1 aliphatic rings. The van der Waals surface area contributed by atoms with Crippen LogP contribution in [0.15, 0.2) is 36.4 Å². The van der Waals surface area contributed by atoms with Gasteiger partial charge in [-0.25, -0.2) is 9.78 Å². The van der Waals surface area contributed by atoms with Gasteiger partial charge in [0.25, 0.3) is 5.91 Å². The van der Waals surface area contributed by atoms with Crippen molar-refractivity contribution in [1.82, 2.24) is 24.3 Å². The van der Waals surface area contributed by atoms with Crippen LogP contribution in [0, 0.1) is 6.92 Å². The number of urea groups is 1. The summed E-state index contributed by atoms with van der Waals surface area (Å²) in [5, 5.41) is 3.58. The van der Waals surface area contributed by atoms with Crippen LogP contribution in [0.1, 0.15) is 28.7 Å². The first-order chi connectivity index (χ1) is 16.3. The number of amides is 3. The minimum absolute atomic E-state index is 0.0307. The van der Waals surface area contributed by atoms with Gasteiger partial charge in [-0.2, -0.15) is 0 Å². The molecule has 8 nitrogen and oxygen atoms in total. The van der Waals surface area contributed by atoms with Crippen LogP contribution in [0.3, 0.4) is 0 Å². The van der Waals surface area contributed by atoms with Gasteiger partial charge < -0.3 is 19.7 Å². The maximum Gasteiger partial charge on any atom is 0.321 e. The van der Waals surface area contributed by atoms with E-state index in [4.69, 9.17) is 16.6 Å². The number of benzene rings is 2. The zero-order valence-electron chi connectivity index (χ0n) is 20.1. The molecule has 1 aromatic heterocycles. The van der Waals surface area contributed by atoms with Crippen molar-refractivity contribution in [1.29, 1.82) is 0 Å². The highest BCUT2D eigenvalue weighted by molar-refractivity contribution is 6.31. The van der Waals surface area contributed by atoms with E-state index in [0.717, 1.165) is 42.1 Å². The van der Waals surface area contributed by atoms with E-state index in [2.05, 4.69) is 21.7 Å². The fourth-order valence-corrected chi connectivity index (χ4v) is 4.41. The number of rotatable bonds is 5. The van der Waals surface area contributed by atoms with Crippen molar-refractivity contribution < 1.29 is 9.59 Å². The Bertz CT molecular complexity index is 1210. The van der Waals surface area contributed by atoms with Crippen LogP contribution in [0.2, 0.25) is 5.02 Å². The minimum atomic E-state index is -0.113. The molecular weight excluding hydrogens is 452 g/mol. The summed E-state index contributed by atoms with van der Waals surface area (Å²) in [5.41, 5.74) is 4.18. The van der Waals surface area contributed by atoms with Gasteiger partial charge in [0.2, 0.25) is 0 Å². The molecule has 0 atom stereocenters. The molecule has 0 bridgehead atoms. The lowest BCUT2D eigenvalue weighted by molar-refractivity contribution is 0.0827. The van der Waals surface area contributed by atoms with Gasteiger partial charge in [-0.05, 0) is 49.7 Å². The maximum absolute atomic E-state index is 12.7. The van der Waals surface area contributed by atoms with Gasteiger partial charge in [0.15, 0.2) is 0 Å². The molecule has 2 heterocycles. The summed E-state index contributed by atoms with van der Waals surface area (Å²) < 4.78 is 2.19. The Hall–Kier alpha value is -3.10. The van der Waals surface area contributed by atoms with Crippen LogP contribution in [0.25, 0.3) is 11.0 Å². The molecule has 0 saturated carbocycles. The molecule has 2 aromatic carbocycles. The molecule has 3 aromatic rings. The second kappa shape index (κ2) is 10.0. The molecule has 3 amide bonds. The number of nitrogens with zero attached hydrogens (tertiary/aromatic N) is 5. The quantitative estimate of drug-likeness (QED) is 0.595. The number of carbonyl (C=O) groups is 2. The predicted molar refractivity (Wildman–Crippen MR) is 135 cm³/mol. The summed E-state index contributed by atoms with van der Waals surface area (Å²) in [4.78, 5) is 35.6. The molecule has 34 heavy (non-hydrogen) atoms. The standard InChI is InChI=1S/C25H31ClN6O2/c1-5-32-22-9-7-18(24(33)29(3)4)14-21(22)28-23(32)16-30-10-12-31(13-11-30)25(34)27-19-8-6-17(2)20(26)15-19/h6-9,14-15H,5,10-13,16H2,1-4H3,(H,27,34). The Labute approximate surface area is 205 Å². The molecule has 9 heteroatoms. The number of halogens is 1. The van der Waals surface area contributed by atoms with E-state index >= 15 is 0 Å². The summed E-state index contributed by atoms with van der Waals surface area (Å²) >= 11 is 6.17. The number of carbonyl (C=O) groups excluding carboxylic acids is 2. The topological polar surface area (TPSA) is 73.7 Å². The third-order valence-corrected chi connectivity index (χ3v) is 6.65. The lowest BCUT2D eigenvalue weighted by Crippen LogP contribution is -2.49. The number of aryl methyl sites for hydroxylation is 2. The summed E-state index contributed by atoms with van der Waals surface area (Å²) in [6.45, 7) is 8.33. The first-order valence-corrected chi connectivity index (χ1v) is 11.9. The first-order valence-electron chi connectivity index (χ1n) is 11.5. The van der Waals surface area contributed by atoms with Crippen LogP contribution in [0.4, 0.5) is 10.5 Å². The Morgan fingerprint density at radius 1 is 1.09 bits per heavy atom. The average Bonchev–Trinajstić information content (AvgIpc) is 3.17. The number of aromatic nitrogens is 2. The van der Waals surface area contributed by atoms with Crippen molar-refractivity contribution in [2.45, 2.75) is 26.9 Å². The van der Waals surface area contributed by atoms with Crippen molar-refractivity contribution in [3.05, 3.63) is 58.4 Å². The monoisotopic (exact) mass is 482 g/mol. The van der Waals surface area contributed by atoms with Gasteiger partial charge in [0, 0.05) is 63.1 Å². The number of fused-ring (bicyclic) bond motifs is 1. The number of hydrogen-bond donors (Lipinski definition) is 1. The Morgan fingerprint density at radius 3 is 2.47 bits per heavy atom. The third kappa shape index (κ3) is 5.03. The predicted octanol–water partition coefficient (Wildman–Crippen LogP) is 4.07. The molecule has 4 rings (SSSR count). The van der Waals surface area contributed by atoms with Crippen LogP contribution in [-0.2, 0) is 13.1 Å². The summed E-state index contributed by atoms with van der Waals surface area (Å²) in [6.07, 6.45) is 0. The maximum atomic E-state index is 12.7. The lowest BCUT2D eigenvalue weighted by Gasteiger charge is -2.34. The third-order valence-electron chi connectivity index (χ3n) is 6.24. The van der Waals surface area contributed by atoms with E-state index in [1.54, 1.807) is 25.1 Å². The molecule has 0 spiro atoms. The Balaban J connectivity index is 1.40. The van der Waals surface area contributed by atoms with Gasteiger partial charge in [-0.1, -0.05) is 17.7 Å². The Morgan fingerprint density at radius 2 is 1.82 bits per heavy atom. The van der Waals surface area contributed by atoms with E-state index in [1.807, 2.05) is 42.2 Å². The first kappa shape index (κ1) is 24.0. The number of piperazine rings is 1. The van der Waals surface area contributed by atoms with Crippen LogP contribution in [-0.4, -0.2) is 76.5 Å². The summed E-state index contributed by atoms with van der Waals surface area (Å²) in [5.74, 6) is 0.941. The zero-order valence-corrected chi connectivity index (χ0v) is 20.9. The van der Waals surface area contributed by atoms with Crippen molar-refractivity contribution in [2.24, 2.45) is 0 Å². The molecule has 1 N–H and O–H groups in total. The van der Waals surface area contributed by atoms with Gasteiger partial charge in [-0.3, -0.25) is 9.69 Å². The highest BCUT2D eigenvalue weighted by Crippen LogP contribution is 2.22. The normalized spacial score (nSPS) is 14.4. The second-order valence-corrected chi connectivity index (χ2v) is 9.24. The van der Waals surface area contributed by atoms with E-state index in [1.165, 1.54) is 0 Å². The van der Waals surface area contributed by atoms with Gasteiger partial charge in [0.05, 0.1) is 17.6 Å². The summed E-state index contributed by atoms with van der Waals surface area (Å²) in [6, 6.07) is 11.1. The van der Waals surface area contributed by atoms with Crippen molar-refractivity contribution in [3.8, 4) is 0 Å². The second-order valence-electron chi connectivity index (χ2n) is 8.83. The Kier molecular flexibility index (Phi) is 7.09. The number of nitrogens with one attached hydrogen (secondary N) is 1. The highest BCUT2D eigenvalue weighted by Gasteiger charge is 2.23. The van der Waals surface area contributed by atoms with E-state index in [-0.39, 0.29) is 11.9 Å². The molecule has 0 unspecified atom stereocenters. The van der Waals surface area contributed by atoms with Crippen molar-refractivity contribution in [2.75, 3.05) is 45.6 Å². The fraction of sp³-hybridized carbons (Fsp3) is 0.400. The molecular formula is C25H31ClN6O2. The van der Waals surface area contributed by atoms with E-state index in [9.17, 15) is 9.59 Å². The lowest BCUT2D eigenvalue weighted by atomic mass is 10.2. The zero-order chi connectivity index (χ0) is 24.4. The molecule has 0 radical (unpaired) electrons. The molecule has 1 aliphatic heterocycles. The van der Waals surface area contributed by atoms with Crippen molar-refractivity contribution in [3.63, 3.8) is 0 Å². The number of imidazole rings is 1. The van der Waals surface area contributed by atoms with Crippen molar-refractivity contribution >= 4 is 40.3 Å². The molecule has 1 fully saturated rings. The minimum Gasteiger partial charge on any atom is -0.345 e. The summed E-state index contributed by atoms with van der Waals surface area (Å²) in [7, 11) is 3.50. The van der Waals surface area contributed by atoms with E-state index < -0.39 is 0 Å². The van der Waals surface area contributed by atoms with Gasteiger partial charge >= 0.3 is 6.03 Å². The molecule has 180 valence electrons. The van der Waals surface area contributed by atoms with Gasteiger partial charge in [-0.15, -0.1) is 0 Å². The molecule has 0 aliphatic carbocycles. The SMILES string of the molecule is CCn1c(CN2CCN(C(=O)Nc3ccc(C)c(Cl)c3)CC2)nc2cc(C(=O)N(C)C)ccc21. The molecule has 1 saturated heterocycles. The van der Waals surface area contributed by atoms with E-state index in [0.29, 0.717) is 35.9 Å². The largest absolute Gasteiger partial charge is 0.345 e. The average molecular weight is 483 g/mol. The fourth-order valence-electron chi connectivity index (χ4n) is 4.23. The highest BCUT2D eigenvalue weighted by atomic mass is 35.5. The van der Waals surface area contributed by atoms with Gasteiger partial charge in [0.1, 0.15) is 5.82 Å².